The largest absolute Gasteiger partial charge is 0.489 e. The van der Waals surface area contributed by atoms with E-state index < -0.39 is 0 Å². The fraction of sp³-hybridized carbons (Fsp3) is 0.261. The van der Waals surface area contributed by atoms with Crippen molar-refractivity contribution in [2.24, 2.45) is 0 Å². The molecule has 7 nitrogen and oxygen atoms in total. The molecule has 150 valence electrons. The van der Waals surface area contributed by atoms with E-state index in [9.17, 15) is 5.26 Å². The average Bonchev–Trinajstić information content (AvgIpc) is 3.18. The van der Waals surface area contributed by atoms with E-state index in [2.05, 4.69) is 38.3 Å². The van der Waals surface area contributed by atoms with Gasteiger partial charge >= 0.3 is 0 Å². The summed E-state index contributed by atoms with van der Waals surface area (Å²) in [5, 5.41) is 14.5. The second-order valence-corrected chi connectivity index (χ2v) is 7.69. The van der Waals surface area contributed by atoms with Crippen LogP contribution in [0.15, 0.2) is 48.9 Å². The summed E-state index contributed by atoms with van der Waals surface area (Å²) < 4.78 is 6.39. The van der Waals surface area contributed by atoms with Crippen molar-refractivity contribution in [2.75, 3.05) is 25.5 Å². The lowest BCUT2D eigenvalue weighted by Gasteiger charge is -2.29. The van der Waals surface area contributed by atoms with E-state index >= 15 is 0 Å². The molecule has 0 radical (unpaired) electrons. The van der Waals surface area contributed by atoms with Crippen LogP contribution in [0, 0.1) is 11.3 Å². The van der Waals surface area contributed by atoms with E-state index in [0.717, 1.165) is 59.2 Å². The number of piperidine rings is 1. The van der Waals surface area contributed by atoms with Crippen molar-refractivity contribution < 1.29 is 4.74 Å². The van der Waals surface area contributed by atoms with E-state index in [1.165, 1.54) is 0 Å². The van der Waals surface area contributed by atoms with Crippen LogP contribution >= 0.6 is 0 Å². The number of rotatable bonds is 4. The molecule has 1 saturated heterocycles. The molecule has 30 heavy (non-hydrogen) atoms. The lowest BCUT2D eigenvalue weighted by molar-refractivity contribution is 0.116. The second kappa shape index (κ2) is 7.65. The number of benzene rings is 2. The third-order valence-corrected chi connectivity index (χ3v) is 5.65. The zero-order valence-corrected chi connectivity index (χ0v) is 16.7. The van der Waals surface area contributed by atoms with Gasteiger partial charge in [0.15, 0.2) is 0 Å². The highest BCUT2D eigenvalue weighted by atomic mass is 16.5. The Kier molecular flexibility index (Phi) is 4.69. The number of hydrogen-bond acceptors (Lipinski definition) is 6. The maximum absolute atomic E-state index is 9.32. The molecular weight excluding hydrogens is 376 g/mol. The van der Waals surface area contributed by atoms with Crippen LogP contribution in [0.5, 0.6) is 5.75 Å². The summed E-state index contributed by atoms with van der Waals surface area (Å²) in [7, 11) is 2.14. The number of aromatic amines is 1. The van der Waals surface area contributed by atoms with Gasteiger partial charge in [0.2, 0.25) is 0 Å². The molecule has 2 N–H and O–H groups in total. The first-order chi connectivity index (χ1) is 14.7. The minimum Gasteiger partial charge on any atom is -0.489 e. The summed E-state index contributed by atoms with van der Waals surface area (Å²) in [5.41, 5.74) is 3.23. The molecule has 3 heterocycles. The van der Waals surface area contributed by atoms with Crippen LogP contribution < -0.4 is 10.1 Å². The number of nitrogens with one attached hydrogen (secondary N) is 2. The van der Waals surface area contributed by atoms with Crippen molar-refractivity contribution in [3.63, 3.8) is 0 Å². The molecule has 0 aliphatic carbocycles. The van der Waals surface area contributed by atoms with Gasteiger partial charge < -0.3 is 19.9 Å². The van der Waals surface area contributed by atoms with E-state index in [4.69, 9.17) is 4.74 Å². The summed E-state index contributed by atoms with van der Waals surface area (Å²) in [6, 6.07) is 14.0. The minimum atomic E-state index is 0.189. The molecule has 2 aromatic heterocycles. The van der Waals surface area contributed by atoms with Crippen molar-refractivity contribution in [1.29, 1.82) is 5.26 Å². The Morgan fingerprint density at radius 2 is 2.07 bits per heavy atom. The molecule has 0 bridgehead atoms. The molecule has 1 aliphatic rings. The van der Waals surface area contributed by atoms with Gasteiger partial charge in [0.25, 0.3) is 0 Å². The molecular formula is C23H22N6O. The summed E-state index contributed by atoms with van der Waals surface area (Å²) in [4.78, 5) is 14.4. The predicted octanol–water partition coefficient (Wildman–Crippen LogP) is 4.20. The molecule has 4 aromatic rings. The van der Waals surface area contributed by atoms with Crippen LogP contribution in [0.2, 0.25) is 0 Å². The number of likely N-dealkylation sites (tertiary alicyclic amines) is 1. The number of fused-ring (bicyclic) bond motifs is 2. The molecule has 7 heteroatoms. The first-order valence-electron chi connectivity index (χ1n) is 10.1. The first-order valence-corrected chi connectivity index (χ1v) is 10.1. The SMILES string of the molecule is CN1CCC(Oc2cccc3ncnc(Nc4ccc5[nH]cc(C#N)c5c4)c23)CC1. The maximum atomic E-state index is 9.32. The van der Waals surface area contributed by atoms with Gasteiger partial charge in [-0.05, 0) is 50.2 Å². The second-order valence-electron chi connectivity index (χ2n) is 7.69. The monoisotopic (exact) mass is 398 g/mol. The lowest BCUT2D eigenvalue weighted by Crippen LogP contribution is -2.35. The highest BCUT2D eigenvalue weighted by Gasteiger charge is 2.20. The van der Waals surface area contributed by atoms with Gasteiger partial charge in [-0.25, -0.2) is 9.97 Å². The number of nitriles is 1. The highest BCUT2D eigenvalue weighted by molar-refractivity contribution is 5.97. The fourth-order valence-corrected chi connectivity index (χ4v) is 3.98. The van der Waals surface area contributed by atoms with Gasteiger partial charge in [-0.15, -0.1) is 0 Å². The van der Waals surface area contributed by atoms with Crippen molar-refractivity contribution in [3.8, 4) is 11.8 Å². The van der Waals surface area contributed by atoms with Crippen LogP contribution in [0.3, 0.4) is 0 Å². The number of aromatic nitrogens is 3. The van der Waals surface area contributed by atoms with E-state index in [0.29, 0.717) is 11.4 Å². The number of H-pyrrole nitrogens is 1. The van der Waals surface area contributed by atoms with Gasteiger partial charge in [0.05, 0.1) is 16.5 Å². The van der Waals surface area contributed by atoms with Crippen LogP contribution in [0.4, 0.5) is 11.5 Å². The van der Waals surface area contributed by atoms with Crippen LogP contribution in [-0.2, 0) is 0 Å². The van der Waals surface area contributed by atoms with E-state index in [1.54, 1.807) is 12.5 Å². The Bertz CT molecular complexity index is 1240. The van der Waals surface area contributed by atoms with Gasteiger partial charge in [-0.3, -0.25) is 0 Å². The molecule has 0 saturated carbocycles. The third-order valence-electron chi connectivity index (χ3n) is 5.65. The van der Waals surface area contributed by atoms with Crippen molar-refractivity contribution in [3.05, 3.63) is 54.5 Å². The Balaban J connectivity index is 1.51. The van der Waals surface area contributed by atoms with Crippen molar-refractivity contribution in [1.82, 2.24) is 19.9 Å². The fourth-order valence-electron chi connectivity index (χ4n) is 3.98. The van der Waals surface area contributed by atoms with Gasteiger partial charge in [-0.2, -0.15) is 5.26 Å². The van der Waals surface area contributed by atoms with Crippen molar-refractivity contribution in [2.45, 2.75) is 18.9 Å². The number of hydrogen-bond donors (Lipinski definition) is 2. The van der Waals surface area contributed by atoms with E-state index in [-0.39, 0.29) is 6.10 Å². The standard InChI is InChI=1S/C23H22N6O/c1-29-9-7-17(8-10-29)30-21-4-2-3-20-22(21)23(27-14-26-20)28-16-5-6-19-18(11-16)15(12-24)13-25-19/h2-6,11,13-14,17,25H,7-10H2,1H3,(H,26,27,28). The van der Waals surface area contributed by atoms with Gasteiger partial charge in [0, 0.05) is 35.9 Å². The molecule has 0 spiro atoms. The van der Waals surface area contributed by atoms with Gasteiger partial charge in [0.1, 0.15) is 30.1 Å². The molecule has 1 fully saturated rings. The molecule has 1 aliphatic heterocycles. The third kappa shape index (κ3) is 3.42. The maximum Gasteiger partial charge on any atom is 0.145 e. The zero-order chi connectivity index (χ0) is 20.5. The Morgan fingerprint density at radius 3 is 2.90 bits per heavy atom. The quantitative estimate of drug-likeness (QED) is 0.535. The zero-order valence-electron chi connectivity index (χ0n) is 16.7. The van der Waals surface area contributed by atoms with Gasteiger partial charge in [-0.1, -0.05) is 6.07 Å². The Hall–Kier alpha value is -3.63. The summed E-state index contributed by atoms with van der Waals surface area (Å²) >= 11 is 0. The Labute approximate surface area is 174 Å². The number of anilines is 2. The Morgan fingerprint density at radius 1 is 1.20 bits per heavy atom. The first kappa shape index (κ1) is 18.4. The highest BCUT2D eigenvalue weighted by Crippen LogP contribution is 2.34. The van der Waals surface area contributed by atoms with Crippen molar-refractivity contribution >= 4 is 33.3 Å². The topological polar surface area (TPSA) is 89.9 Å². The molecule has 0 atom stereocenters. The van der Waals surface area contributed by atoms with Crippen LogP contribution in [-0.4, -0.2) is 46.1 Å². The van der Waals surface area contributed by atoms with E-state index in [1.807, 2.05) is 36.4 Å². The molecule has 5 rings (SSSR count). The van der Waals surface area contributed by atoms with Crippen LogP contribution in [0.1, 0.15) is 18.4 Å². The number of nitrogens with zero attached hydrogens (tertiary/aromatic N) is 4. The molecule has 0 unspecified atom stereocenters. The summed E-state index contributed by atoms with van der Waals surface area (Å²) in [6.07, 6.45) is 5.48. The minimum absolute atomic E-state index is 0.189. The predicted molar refractivity (Wildman–Crippen MR) is 117 cm³/mol. The number of ether oxygens (including phenoxy) is 1. The summed E-state index contributed by atoms with van der Waals surface area (Å²) in [6.45, 7) is 2.07. The molecule has 0 amide bonds. The summed E-state index contributed by atoms with van der Waals surface area (Å²) in [5.74, 6) is 1.49. The molecule has 2 aromatic carbocycles. The smallest absolute Gasteiger partial charge is 0.145 e. The lowest BCUT2D eigenvalue weighted by atomic mass is 10.1. The van der Waals surface area contributed by atoms with Crippen LogP contribution in [0.25, 0.3) is 21.8 Å². The normalized spacial score (nSPS) is 15.3. The average molecular weight is 398 g/mol.